The van der Waals surface area contributed by atoms with Gasteiger partial charge in [0.05, 0.1) is 5.92 Å². The lowest BCUT2D eigenvalue weighted by atomic mass is 9.87. The lowest BCUT2D eigenvalue weighted by Crippen LogP contribution is -2.04. The highest BCUT2D eigenvalue weighted by molar-refractivity contribution is 5.72. The zero-order valence-electron chi connectivity index (χ0n) is 7.08. The second-order valence-electron chi connectivity index (χ2n) is 3.85. The van der Waals surface area contributed by atoms with Gasteiger partial charge in [-0.1, -0.05) is 24.3 Å². The predicted molar refractivity (Wildman–Crippen MR) is 49.9 cm³/mol. The Morgan fingerprint density at radius 1 is 1.23 bits per heavy atom. The van der Waals surface area contributed by atoms with Crippen LogP contribution in [-0.4, -0.2) is 0 Å². The molecular weight excluding hydrogens is 160 g/mol. The summed E-state index contributed by atoms with van der Waals surface area (Å²) in [7, 11) is 0. The van der Waals surface area contributed by atoms with Crippen LogP contribution in [0.1, 0.15) is 23.5 Å². The molecule has 13 heavy (non-hydrogen) atoms. The Kier molecular flexibility index (Phi) is 0.796. The molecule has 2 aliphatic carbocycles. The number of rotatable bonds is 0. The molecule has 0 aromatic heterocycles. The van der Waals surface area contributed by atoms with E-state index >= 15 is 0 Å². The third-order valence-corrected chi connectivity index (χ3v) is 3.13. The van der Waals surface area contributed by atoms with Crippen molar-refractivity contribution in [1.29, 1.82) is 0 Å². The lowest BCUT2D eigenvalue weighted by molar-refractivity contribution is 0.415. The minimum absolute atomic E-state index is 0.547. The summed E-state index contributed by atoms with van der Waals surface area (Å²) >= 11 is 0. The van der Waals surface area contributed by atoms with E-state index in [4.69, 9.17) is 4.74 Å². The topological polar surface area (TPSA) is 12.5 Å². The van der Waals surface area contributed by atoms with Gasteiger partial charge < -0.3 is 4.74 Å². The Balaban J connectivity index is 2.06. The molecule has 0 saturated heterocycles. The first-order valence-electron chi connectivity index (χ1n) is 4.65. The van der Waals surface area contributed by atoms with Gasteiger partial charge in [0.1, 0.15) is 0 Å². The molecule has 1 unspecified atom stereocenters. The number of benzene rings is 1. The summed E-state index contributed by atoms with van der Waals surface area (Å²) in [4.78, 5) is 0. The molecule has 1 aromatic carbocycles. The van der Waals surface area contributed by atoms with E-state index in [-0.39, 0.29) is 0 Å². The second-order valence-corrected chi connectivity index (χ2v) is 3.85. The molecule has 0 saturated carbocycles. The summed E-state index contributed by atoms with van der Waals surface area (Å²) < 4.78 is 5.44. The van der Waals surface area contributed by atoms with Crippen LogP contribution < -0.4 is 0 Å². The summed E-state index contributed by atoms with van der Waals surface area (Å²) in [5, 5.41) is 0. The first-order chi connectivity index (χ1) is 6.43. The van der Waals surface area contributed by atoms with Gasteiger partial charge in [0.2, 0.25) is 0 Å². The number of fused-ring (bicyclic) bond motifs is 6. The first-order valence-corrected chi connectivity index (χ1v) is 4.65. The van der Waals surface area contributed by atoms with Gasteiger partial charge >= 0.3 is 0 Å². The van der Waals surface area contributed by atoms with Crippen LogP contribution in [0.4, 0.5) is 0 Å². The molecule has 0 fully saturated rings. The molecule has 1 heterocycles. The summed E-state index contributed by atoms with van der Waals surface area (Å²) in [5.74, 6) is 2.96. The molecule has 0 radical (unpaired) electrons. The number of hydrogen-bond acceptors (Lipinski definition) is 1. The Morgan fingerprint density at radius 2 is 2.15 bits per heavy atom. The van der Waals surface area contributed by atoms with Crippen molar-refractivity contribution in [2.45, 2.75) is 12.3 Å². The van der Waals surface area contributed by atoms with Crippen LogP contribution in [0.2, 0.25) is 0 Å². The minimum Gasteiger partial charge on any atom is -0.453 e. The van der Waals surface area contributed by atoms with E-state index in [1.807, 2.05) is 0 Å². The summed E-state index contributed by atoms with van der Waals surface area (Å²) in [6.07, 6.45) is 3.43. The number of allylic oxidation sites excluding steroid dienone is 2. The molecule has 2 bridgehead atoms. The van der Waals surface area contributed by atoms with E-state index in [0.717, 1.165) is 0 Å². The number of hydrogen-bond donors (Lipinski definition) is 0. The van der Waals surface area contributed by atoms with Crippen LogP contribution in [-0.2, 0) is 4.74 Å². The highest BCUT2D eigenvalue weighted by atomic mass is 16.6. The van der Waals surface area contributed by atoms with E-state index in [1.54, 1.807) is 0 Å². The van der Waals surface area contributed by atoms with Gasteiger partial charge in [-0.25, -0.2) is 0 Å². The van der Waals surface area contributed by atoms with Gasteiger partial charge in [0.15, 0.2) is 11.5 Å². The van der Waals surface area contributed by atoms with Crippen LogP contribution in [0.25, 0.3) is 6.08 Å². The molecule has 0 N–H and O–H groups in total. The van der Waals surface area contributed by atoms with Gasteiger partial charge in [0, 0.05) is 0 Å². The zero-order valence-corrected chi connectivity index (χ0v) is 7.08. The molecule has 1 heteroatoms. The summed E-state index contributed by atoms with van der Waals surface area (Å²) in [6, 6.07) is 8.61. The highest BCUT2D eigenvalue weighted by Crippen LogP contribution is 2.57. The average molecular weight is 168 g/mol. The van der Waals surface area contributed by atoms with Crippen LogP contribution in [0.15, 0.2) is 41.4 Å². The van der Waals surface area contributed by atoms with Gasteiger partial charge in [0.25, 0.3) is 0 Å². The third-order valence-electron chi connectivity index (χ3n) is 3.13. The SMILES string of the molecule is C1=C2CC(C3=C2O3)c2ccccc21. The Bertz CT molecular complexity index is 480. The summed E-state index contributed by atoms with van der Waals surface area (Å²) in [5.41, 5.74) is 4.22. The molecule has 1 nitrogen and oxygen atoms in total. The van der Waals surface area contributed by atoms with Crippen LogP contribution in [0, 0.1) is 0 Å². The molecule has 4 rings (SSSR count). The van der Waals surface area contributed by atoms with E-state index < -0.39 is 0 Å². The fraction of sp³-hybridized carbons (Fsp3) is 0.167. The van der Waals surface area contributed by atoms with Gasteiger partial charge in [-0.05, 0) is 29.2 Å². The van der Waals surface area contributed by atoms with Crippen molar-refractivity contribution in [3.8, 4) is 0 Å². The molecular formula is C12H8O. The minimum atomic E-state index is 0.547. The van der Waals surface area contributed by atoms with E-state index in [1.165, 1.54) is 34.6 Å². The molecule has 1 atom stereocenters. The van der Waals surface area contributed by atoms with E-state index in [0.29, 0.717) is 5.92 Å². The third kappa shape index (κ3) is 0.602. The molecule has 1 aliphatic heterocycles. The maximum atomic E-state index is 5.44. The fourth-order valence-corrected chi connectivity index (χ4v) is 2.47. The Labute approximate surface area is 76.3 Å². The molecule has 62 valence electrons. The standard InChI is InChI=1S/C12H8O/c1-2-4-9-7(3-1)5-8-6-10(9)12-11(8)13-12/h1-5,10H,6H2. The average Bonchev–Trinajstić information content (AvgIpc) is 2.91. The monoisotopic (exact) mass is 168 g/mol. The molecule has 1 aromatic rings. The predicted octanol–water partition coefficient (Wildman–Crippen LogP) is 2.81. The van der Waals surface area contributed by atoms with Gasteiger partial charge in [-0.15, -0.1) is 0 Å². The van der Waals surface area contributed by atoms with Crippen LogP contribution >= 0.6 is 0 Å². The van der Waals surface area contributed by atoms with Crippen molar-refractivity contribution in [3.63, 3.8) is 0 Å². The fourth-order valence-electron chi connectivity index (χ4n) is 2.47. The first kappa shape index (κ1) is 6.03. The number of ether oxygens (including phenoxy) is 1. The summed E-state index contributed by atoms with van der Waals surface area (Å²) in [6.45, 7) is 0. The Hall–Kier alpha value is -1.50. The molecule has 3 aliphatic rings. The van der Waals surface area contributed by atoms with E-state index in [2.05, 4.69) is 30.3 Å². The second kappa shape index (κ2) is 1.72. The van der Waals surface area contributed by atoms with Crippen molar-refractivity contribution in [2.24, 2.45) is 0 Å². The van der Waals surface area contributed by atoms with Crippen LogP contribution in [0.3, 0.4) is 0 Å². The van der Waals surface area contributed by atoms with Crippen molar-refractivity contribution >= 4 is 6.08 Å². The van der Waals surface area contributed by atoms with Crippen molar-refractivity contribution in [3.05, 3.63) is 52.5 Å². The van der Waals surface area contributed by atoms with Gasteiger partial charge in [-0.2, -0.15) is 0 Å². The molecule has 0 amide bonds. The smallest absolute Gasteiger partial charge is 0.169 e. The maximum Gasteiger partial charge on any atom is 0.169 e. The van der Waals surface area contributed by atoms with E-state index in [9.17, 15) is 0 Å². The normalized spacial score (nSPS) is 26.2. The van der Waals surface area contributed by atoms with Crippen molar-refractivity contribution in [1.82, 2.24) is 0 Å². The van der Waals surface area contributed by atoms with Crippen molar-refractivity contribution < 1.29 is 4.74 Å². The molecule has 0 spiro atoms. The zero-order chi connectivity index (χ0) is 8.41. The lowest BCUT2D eigenvalue weighted by Gasteiger charge is -2.19. The highest BCUT2D eigenvalue weighted by Gasteiger charge is 2.46. The quantitative estimate of drug-likeness (QED) is 0.580. The largest absolute Gasteiger partial charge is 0.453 e. The Morgan fingerprint density at radius 3 is 3.15 bits per heavy atom. The maximum absolute atomic E-state index is 5.44. The van der Waals surface area contributed by atoms with Crippen LogP contribution in [0.5, 0.6) is 0 Å². The van der Waals surface area contributed by atoms with Crippen molar-refractivity contribution in [2.75, 3.05) is 0 Å². The van der Waals surface area contributed by atoms with Gasteiger partial charge in [-0.3, -0.25) is 0 Å².